The molecule has 2 aromatic rings. The summed E-state index contributed by atoms with van der Waals surface area (Å²) in [5, 5.41) is 10.2. The minimum absolute atomic E-state index is 0.0941. The normalized spacial score (nSPS) is 12.2. The van der Waals surface area contributed by atoms with Crippen LogP contribution in [-0.2, 0) is 11.3 Å². The lowest BCUT2D eigenvalue weighted by atomic mass is 10.1. The minimum atomic E-state index is -0.143. The van der Waals surface area contributed by atoms with Gasteiger partial charge < -0.3 is 20.7 Å². The molecule has 150 valence electrons. The number of hydrogen-bond acceptors (Lipinski definition) is 3. The molecule has 6 nitrogen and oxygen atoms in total. The molecule has 0 aliphatic carbocycles. The zero-order valence-electron chi connectivity index (χ0n) is 16.1. The molecule has 0 heterocycles. The van der Waals surface area contributed by atoms with Crippen LogP contribution < -0.4 is 20.7 Å². The second kappa shape index (κ2) is 10.8. The number of guanidine groups is 1. The van der Waals surface area contributed by atoms with Crippen molar-refractivity contribution in [3.63, 3.8) is 0 Å². The molecule has 0 fully saturated rings. The van der Waals surface area contributed by atoms with Gasteiger partial charge >= 0.3 is 0 Å². The molecule has 0 radical (unpaired) electrons. The smallest absolute Gasteiger partial charge is 0.239 e. The van der Waals surface area contributed by atoms with Crippen molar-refractivity contribution in [2.45, 2.75) is 19.5 Å². The molecule has 0 aromatic heterocycles. The van der Waals surface area contributed by atoms with E-state index in [1.54, 1.807) is 26.3 Å². The summed E-state index contributed by atoms with van der Waals surface area (Å²) < 4.78 is 5.12. The molecule has 2 rings (SSSR count). The summed E-state index contributed by atoms with van der Waals surface area (Å²) in [6.07, 6.45) is 0. The fraction of sp³-hybridized carbons (Fsp3) is 0.300. The van der Waals surface area contributed by atoms with Gasteiger partial charge in [0, 0.05) is 23.6 Å². The van der Waals surface area contributed by atoms with Gasteiger partial charge in [-0.1, -0.05) is 41.4 Å². The van der Waals surface area contributed by atoms with Crippen molar-refractivity contribution in [1.82, 2.24) is 16.0 Å². The van der Waals surface area contributed by atoms with Crippen molar-refractivity contribution in [2.24, 2.45) is 4.99 Å². The molecule has 28 heavy (non-hydrogen) atoms. The quantitative estimate of drug-likeness (QED) is 0.471. The van der Waals surface area contributed by atoms with Crippen LogP contribution in [0.5, 0.6) is 5.75 Å². The standard InChI is InChI=1S/C20H24Cl2N4O2/c1-13(17-9-6-15(21)10-18(17)22)26-20(23-2)25-12-19(27)24-11-14-4-7-16(28-3)8-5-14/h4-10,13H,11-12H2,1-3H3,(H,24,27)(H2,23,25,26). The molecule has 2 aromatic carbocycles. The molecule has 0 aliphatic heterocycles. The molecule has 1 unspecified atom stereocenters. The Bertz CT molecular complexity index is 825. The van der Waals surface area contributed by atoms with Gasteiger partial charge in [0.05, 0.1) is 19.7 Å². The highest BCUT2D eigenvalue weighted by Gasteiger charge is 2.12. The van der Waals surface area contributed by atoms with Crippen molar-refractivity contribution in [1.29, 1.82) is 0 Å². The zero-order chi connectivity index (χ0) is 20.5. The number of carbonyl (C=O) groups excluding carboxylic acids is 1. The molecule has 3 N–H and O–H groups in total. The molecular formula is C20H24Cl2N4O2. The van der Waals surface area contributed by atoms with E-state index in [1.807, 2.05) is 37.3 Å². The molecule has 8 heteroatoms. The molecule has 1 atom stereocenters. The number of ether oxygens (including phenoxy) is 1. The lowest BCUT2D eigenvalue weighted by Gasteiger charge is -2.19. The maximum absolute atomic E-state index is 12.1. The van der Waals surface area contributed by atoms with Gasteiger partial charge in [-0.15, -0.1) is 0 Å². The SMILES string of the molecule is CN=C(NCC(=O)NCc1ccc(OC)cc1)NC(C)c1ccc(Cl)cc1Cl. The monoisotopic (exact) mass is 422 g/mol. The van der Waals surface area contributed by atoms with Crippen molar-refractivity contribution in [3.05, 3.63) is 63.6 Å². The number of halogens is 2. The third kappa shape index (κ3) is 6.62. The second-order valence-electron chi connectivity index (χ2n) is 6.08. The van der Waals surface area contributed by atoms with Crippen LogP contribution in [-0.4, -0.2) is 32.6 Å². The third-order valence-corrected chi connectivity index (χ3v) is 4.63. The molecule has 0 bridgehead atoms. The Labute approximate surface area is 175 Å². The highest BCUT2D eigenvalue weighted by Crippen LogP contribution is 2.25. The van der Waals surface area contributed by atoms with Crippen LogP contribution in [0.1, 0.15) is 24.1 Å². The molecular weight excluding hydrogens is 399 g/mol. The highest BCUT2D eigenvalue weighted by molar-refractivity contribution is 6.35. The molecule has 0 aliphatic rings. The molecule has 1 amide bonds. The predicted octanol–water partition coefficient (Wildman–Crippen LogP) is 3.54. The largest absolute Gasteiger partial charge is 0.497 e. The van der Waals surface area contributed by atoms with Crippen LogP contribution in [0.2, 0.25) is 10.0 Å². The summed E-state index contributed by atoms with van der Waals surface area (Å²) in [6.45, 7) is 2.48. The van der Waals surface area contributed by atoms with E-state index in [9.17, 15) is 4.79 Å². The van der Waals surface area contributed by atoms with Crippen LogP contribution in [0.3, 0.4) is 0 Å². The Hall–Kier alpha value is -2.44. The number of hydrogen-bond donors (Lipinski definition) is 3. The molecule has 0 spiro atoms. The first-order valence-corrected chi connectivity index (χ1v) is 9.50. The Balaban J connectivity index is 1.81. The first-order valence-electron chi connectivity index (χ1n) is 8.74. The van der Waals surface area contributed by atoms with E-state index in [-0.39, 0.29) is 18.5 Å². The Kier molecular flexibility index (Phi) is 8.42. The maximum atomic E-state index is 12.1. The van der Waals surface area contributed by atoms with Crippen molar-refractivity contribution >= 4 is 35.1 Å². The number of benzene rings is 2. The van der Waals surface area contributed by atoms with Gasteiger partial charge in [0.2, 0.25) is 5.91 Å². The lowest BCUT2D eigenvalue weighted by molar-refractivity contribution is -0.120. The van der Waals surface area contributed by atoms with E-state index < -0.39 is 0 Å². The Morgan fingerprint density at radius 1 is 1.14 bits per heavy atom. The van der Waals surface area contributed by atoms with E-state index in [0.29, 0.717) is 22.5 Å². The van der Waals surface area contributed by atoms with Gasteiger partial charge in [-0.05, 0) is 42.3 Å². The number of amides is 1. The molecule has 0 saturated heterocycles. The lowest BCUT2D eigenvalue weighted by Crippen LogP contribution is -2.43. The fourth-order valence-electron chi connectivity index (χ4n) is 2.50. The van der Waals surface area contributed by atoms with Crippen LogP contribution in [0.4, 0.5) is 0 Å². The number of carbonyl (C=O) groups is 1. The summed E-state index contributed by atoms with van der Waals surface area (Å²) in [5.74, 6) is 1.13. The summed E-state index contributed by atoms with van der Waals surface area (Å²) in [6, 6.07) is 12.7. The van der Waals surface area contributed by atoms with Crippen molar-refractivity contribution in [2.75, 3.05) is 20.7 Å². The van der Waals surface area contributed by atoms with E-state index in [0.717, 1.165) is 16.9 Å². The second-order valence-corrected chi connectivity index (χ2v) is 6.93. The summed E-state index contributed by atoms with van der Waals surface area (Å²) in [7, 11) is 3.26. The van der Waals surface area contributed by atoms with E-state index in [1.165, 1.54) is 0 Å². The first kappa shape index (κ1) is 21.9. The number of aliphatic imine (C=N–C) groups is 1. The van der Waals surface area contributed by atoms with E-state index in [2.05, 4.69) is 20.9 Å². The number of methoxy groups -OCH3 is 1. The Morgan fingerprint density at radius 3 is 2.46 bits per heavy atom. The van der Waals surface area contributed by atoms with Gasteiger partial charge in [0.1, 0.15) is 5.75 Å². The first-order chi connectivity index (χ1) is 13.4. The average Bonchev–Trinajstić information content (AvgIpc) is 2.69. The van der Waals surface area contributed by atoms with Gasteiger partial charge in [0.25, 0.3) is 0 Å². The van der Waals surface area contributed by atoms with Crippen LogP contribution in [0.15, 0.2) is 47.5 Å². The topological polar surface area (TPSA) is 74.8 Å². The number of nitrogens with one attached hydrogen (secondary N) is 3. The fourth-order valence-corrected chi connectivity index (χ4v) is 3.07. The van der Waals surface area contributed by atoms with Gasteiger partial charge in [-0.2, -0.15) is 0 Å². The number of rotatable bonds is 7. The van der Waals surface area contributed by atoms with Crippen LogP contribution in [0.25, 0.3) is 0 Å². The van der Waals surface area contributed by atoms with Crippen molar-refractivity contribution < 1.29 is 9.53 Å². The van der Waals surface area contributed by atoms with Gasteiger partial charge in [-0.25, -0.2) is 0 Å². The van der Waals surface area contributed by atoms with E-state index >= 15 is 0 Å². The Morgan fingerprint density at radius 2 is 1.86 bits per heavy atom. The zero-order valence-corrected chi connectivity index (χ0v) is 17.6. The van der Waals surface area contributed by atoms with Crippen molar-refractivity contribution in [3.8, 4) is 5.75 Å². The number of nitrogens with zero attached hydrogens (tertiary/aromatic N) is 1. The maximum Gasteiger partial charge on any atom is 0.239 e. The summed E-state index contributed by atoms with van der Waals surface area (Å²) in [4.78, 5) is 16.2. The highest BCUT2D eigenvalue weighted by atomic mass is 35.5. The summed E-state index contributed by atoms with van der Waals surface area (Å²) in [5.41, 5.74) is 1.88. The average molecular weight is 423 g/mol. The van der Waals surface area contributed by atoms with Crippen LogP contribution >= 0.6 is 23.2 Å². The van der Waals surface area contributed by atoms with Gasteiger partial charge in [-0.3, -0.25) is 9.79 Å². The summed E-state index contributed by atoms with van der Waals surface area (Å²) >= 11 is 12.2. The minimum Gasteiger partial charge on any atom is -0.497 e. The third-order valence-electron chi connectivity index (χ3n) is 4.07. The van der Waals surface area contributed by atoms with Crippen LogP contribution in [0, 0.1) is 0 Å². The van der Waals surface area contributed by atoms with Gasteiger partial charge in [0.15, 0.2) is 5.96 Å². The van der Waals surface area contributed by atoms with E-state index in [4.69, 9.17) is 27.9 Å². The predicted molar refractivity (Wildman–Crippen MR) is 114 cm³/mol. The molecule has 0 saturated carbocycles.